The Labute approximate surface area is 152 Å². The maximum Gasteiger partial charge on any atom is 0.340 e. The van der Waals surface area contributed by atoms with Gasteiger partial charge >= 0.3 is 5.97 Å². The van der Waals surface area contributed by atoms with Crippen molar-refractivity contribution < 1.29 is 23.9 Å². The van der Waals surface area contributed by atoms with Gasteiger partial charge in [0.2, 0.25) is 5.91 Å². The zero-order valence-corrected chi connectivity index (χ0v) is 15.1. The molecule has 2 amide bonds. The molecule has 0 N–H and O–H groups in total. The van der Waals surface area contributed by atoms with Crippen molar-refractivity contribution in [3.8, 4) is 0 Å². The lowest BCUT2D eigenvalue weighted by molar-refractivity contribution is -0.146. The molecule has 2 fully saturated rings. The van der Waals surface area contributed by atoms with E-state index < -0.39 is 5.97 Å². The van der Waals surface area contributed by atoms with Crippen molar-refractivity contribution in [2.45, 2.75) is 38.9 Å². The molecule has 0 saturated carbocycles. The van der Waals surface area contributed by atoms with Crippen LogP contribution in [0.2, 0.25) is 0 Å². The molecule has 26 heavy (non-hydrogen) atoms. The molecule has 140 valence electrons. The van der Waals surface area contributed by atoms with E-state index in [1.165, 1.54) is 0 Å². The Morgan fingerprint density at radius 1 is 1.19 bits per heavy atom. The van der Waals surface area contributed by atoms with E-state index in [-0.39, 0.29) is 30.6 Å². The maximum absolute atomic E-state index is 12.5. The Bertz CT molecular complexity index is 695. The van der Waals surface area contributed by atoms with E-state index >= 15 is 0 Å². The molecule has 2 atom stereocenters. The van der Waals surface area contributed by atoms with Gasteiger partial charge in [-0.05, 0) is 32.4 Å². The predicted octanol–water partition coefficient (Wildman–Crippen LogP) is 1.61. The van der Waals surface area contributed by atoms with E-state index in [9.17, 15) is 14.4 Å². The number of rotatable bonds is 4. The molecule has 0 radical (unpaired) electrons. The molecule has 7 nitrogen and oxygen atoms in total. The number of morpholine rings is 1. The average Bonchev–Trinajstić information content (AvgIpc) is 3.04. The maximum atomic E-state index is 12.5. The number of esters is 1. The van der Waals surface area contributed by atoms with E-state index in [1.807, 2.05) is 13.8 Å². The second-order valence-electron chi connectivity index (χ2n) is 6.80. The van der Waals surface area contributed by atoms with Crippen molar-refractivity contribution in [3.05, 3.63) is 29.8 Å². The Kier molecular flexibility index (Phi) is 5.56. The quantitative estimate of drug-likeness (QED) is 0.763. The third kappa shape index (κ3) is 4.04. The zero-order chi connectivity index (χ0) is 18.7. The van der Waals surface area contributed by atoms with Gasteiger partial charge in [-0.3, -0.25) is 9.59 Å². The molecule has 2 aliphatic heterocycles. The van der Waals surface area contributed by atoms with Crippen molar-refractivity contribution in [1.82, 2.24) is 4.90 Å². The van der Waals surface area contributed by atoms with Gasteiger partial charge in [-0.1, -0.05) is 12.1 Å². The Hall–Kier alpha value is -2.41. The van der Waals surface area contributed by atoms with Gasteiger partial charge < -0.3 is 19.3 Å². The minimum Gasteiger partial charge on any atom is -0.452 e. The number of ether oxygens (including phenoxy) is 2. The van der Waals surface area contributed by atoms with Gasteiger partial charge in [-0.25, -0.2) is 4.79 Å². The largest absolute Gasteiger partial charge is 0.452 e. The Morgan fingerprint density at radius 3 is 2.54 bits per heavy atom. The molecular formula is C19H24N2O5. The van der Waals surface area contributed by atoms with Crippen LogP contribution in [0.1, 0.15) is 37.0 Å². The number of nitrogens with zero attached hydrogens (tertiary/aromatic N) is 2. The molecule has 1 aromatic carbocycles. The summed E-state index contributed by atoms with van der Waals surface area (Å²) in [5, 5.41) is 0. The summed E-state index contributed by atoms with van der Waals surface area (Å²) in [6.45, 7) is 5.06. The minimum absolute atomic E-state index is 0.00221. The first kappa shape index (κ1) is 18.4. The number of carbonyl (C=O) groups excluding carboxylic acids is 3. The SMILES string of the molecule is C[C@H]1CN(C(=O)COC(=O)c2ccccc2N2CCCC2=O)C[C@H](C)O1. The first-order chi connectivity index (χ1) is 12.5. The fraction of sp³-hybridized carbons (Fsp3) is 0.526. The molecule has 2 heterocycles. The monoisotopic (exact) mass is 360 g/mol. The van der Waals surface area contributed by atoms with E-state index in [0.717, 1.165) is 6.42 Å². The van der Waals surface area contributed by atoms with E-state index in [1.54, 1.807) is 34.1 Å². The molecule has 7 heteroatoms. The highest BCUT2D eigenvalue weighted by atomic mass is 16.5. The molecule has 2 saturated heterocycles. The van der Waals surface area contributed by atoms with Gasteiger partial charge in [0.1, 0.15) is 0 Å². The van der Waals surface area contributed by atoms with Crippen molar-refractivity contribution in [2.75, 3.05) is 31.1 Å². The highest BCUT2D eigenvalue weighted by Gasteiger charge is 2.28. The molecule has 3 rings (SSSR count). The Morgan fingerprint density at radius 2 is 1.88 bits per heavy atom. The second-order valence-corrected chi connectivity index (χ2v) is 6.80. The summed E-state index contributed by atoms with van der Waals surface area (Å²) in [6.07, 6.45) is 1.17. The van der Waals surface area contributed by atoms with Gasteiger partial charge in [0.25, 0.3) is 5.91 Å². The fourth-order valence-electron chi connectivity index (χ4n) is 3.46. The standard InChI is InChI=1S/C19H24N2O5/c1-13-10-20(11-14(2)26-13)18(23)12-25-19(24)15-6-3-4-7-16(15)21-9-5-8-17(21)22/h3-4,6-7,13-14H,5,8-12H2,1-2H3/t13-,14-/m0/s1. The van der Waals surface area contributed by atoms with Crippen LogP contribution < -0.4 is 4.90 Å². The van der Waals surface area contributed by atoms with E-state index in [4.69, 9.17) is 9.47 Å². The highest BCUT2D eigenvalue weighted by Crippen LogP contribution is 2.26. The van der Waals surface area contributed by atoms with Gasteiger partial charge in [-0.2, -0.15) is 0 Å². The number of hydrogen-bond acceptors (Lipinski definition) is 5. The number of para-hydroxylation sites is 1. The van der Waals surface area contributed by atoms with Crippen LogP contribution in [-0.2, 0) is 19.1 Å². The van der Waals surface area contributed by atoms with Crippen LogP contribution in [0.15, 0.2) is 24.3 Å². The third-order valence-corrected chi connectivity index (χ3v) is 4.59. The van der Waals surface area contributed by atoms with Crippen LogP contribution in [-0.4, -0.2) is 61.1 Å². The van der Waals surface area contributed by atoms with Crippen molar-refractivity contribution in [2.24, 2.45) is 0 Å². The Balaban J connectivity index is 1.64. The number of anilines is 1. The van der Waals surface area contributed by atoms with Crippen molar-refractivity contribution in [1.29, 1.82) is 0 Å². The summed E-state index contributed by atoms with van der Waals surface area (Å²) < 4.78 is 10.8. The smallest absolute Gasteiger partial charge is 0.340 e. The van der Waals surface area contributed by atoms with Crippen molar-refractivity contribution in [3.63, 3.8) is 0 Å². The van der Waals surface area contributed by atoms with Crippen molar-refractivity contribution >= 4 is 23.5 Å². The summed E-state index contributed by atoms with van der Waals surface area (Å²) in [5.41, 5.74) is 0.848. The lowest BCUT2D eigenvalue weighted by atomic mass is 10.1. The number of benzene rings is 1. The van der Waals surface area contributed by atoms with Crippen LogP contribution >= 0.6 is 0 Å². The predicted molar refractivity (Wildman–Crippen MR) is 94.9 cm³/mol. The molecular weight excluding hydrogens is 336 g/mol. The molecule has 0 unspecified atom stereocenters. The van der Waals surface area contributed by atoms with Gasteiger partial charge in [0.15, 0.2) is 6.61 Å². The molecule has 0 aliphatic carbocycles. The fourth-order valence-corrected chi connectivity index (χ4v) is 3.46. The van der Waals surface area contributed by atoms with E-state index in [0.29, 0.717) is 37.3 Å². The van der Waals surface area contributed by atoms with Crippen LogP contribution in [0.3, 0.4) is 0 Å². The van der Waals surface area contributed by atoms with Crippen LogP contribution in [0, 0.1) is 0 Å². The molecule has 0 spiro atoms. The summed E-state index contributed by atoms with van der Waals surface area (Å²) >= 11 is 0. The first-order valence-electron chi connectivity index (χ1n) is 8.95. The molecule has 2 aliphatic rings. The second kappa shape index (κ2) is 7.86. The molecule has 0 aromatic heterocycles. The summed E-state index contributed by atoms with van der Waals surface area (Å²) in [7, 11) is 0. The molecule has 1 aromatic rings. The zero-order valence-electron chi connectivity index (χ0n) is 15.1. The minimum atomic E-state index is -0.594. The van der Waals surface area contributed by atoms with Gasteiger partial charge in [-0.15, -0.1) is 0 Å². The van der Waals surface area contributed by atoms with Gasteiger partial charge in [0, 0.05) is 26.1 Å². The highest BCUT2D eigenvalue weighted by molar-refractivity contribution is 6.03. The lowest BCUT2D eigenvalue weighted by Crippen LogP contribution is -2.49. The number of hydrogen-bond donors (Lipinski definition) is 0. The van der Waals surface area contributed by atoms with Crippen LogP contribution in [0.4, 0.5) is 5.69 Å². The summed E-state index contributed by atoms with van der Waals surface area (Å²) in [5.74, 6) is -0.837. The average molecular weight is 360 g/mol. The lowest BCUT2D eigenvalue weighted by Gasteiger charge is -2.35. The van der Waals surface area contributed by atoms with Crippen LogP contribution in [0.5, 0.6) is 0 Å². The van der Waals surface area contributed by atoms with E-state index in [2.05, 4.69) is 0 Å². The topological polar surface area (TPSA) is 76.2 Å². The number of amides is 2. The van der Waals surface area contributed by atoms with Gasteiger partial charge in [0.05, 0.1) is 23.5 Å². The normalized spacial score (nSPS) is 23.2. The number of carbonyl (C=O) groups is 3. The summed E-state index contributed by atoms with van der Waals surface area (Å²) in [6, 6.07) is 6.84. The first-order valence-corrected chi connectivity index (χ1v) is 8.95. The summed E-state index contributed by atoms with van der Waals surface area (Å²) in [4.78, 5) is 40.1. The van der Waals surface area contributed by atoms with Crippen LogP contribution in [0.25, 0.3) is 0 Å². The third-order valence-electron chi connectivity index (χ3n) is 4.59. The molecule has 0 bridgehead atoms.